The number of piperidine rings is 1. The summed E-state index contributed by atoms with van der Waals surface area (Å²) in [5.74, 6) is 0.603. The smallest absolute Gasteiger partial charge is 0.243 e. The molecule has 1 aromatic carbocycles. The quantitative estimate of drug-likeness (QED) is 0.878. The van der Waals surface area contributed by atoms with Gasteiger partial charge >= 0.3 is 0 Å². The van der Waals surface area contributed by atoms with Crippen molar-refractivity contribution in [2.45, 2.75) is 48.8 Å². The Bertz CT molecular complexity index is 634. The number of hydrogen-bond donors (Lipinski definition) is 1. The van der Waals surface area contributed by atoms with Crippen LogP contribution >= 0.6 is 15.9 Å². The molecule has 2 atom stereocenters. The second-order valence-electron chi connectivity index (χ2n) is 5.64. The zero-order chi connectivity index (χ0) is 15.2. The van der Waals surface area contributed by atoms with Gasteiger partial charge in [-0.3, -0.25) is 0 Å². The molecule has 0 aromatic heterocycles. The first-order chi connectivity index (χ1) is 9.93. The second kappa shape index (κ2) is 5.53. The lowest BCUT2D eigenvalue weighted by Gasteiger charge is -2.36. The second-order valence-corrected chi connectivity index (χ2v) is 8.34. The van der Waals surface area contributed by atoms with Gasteiger partial charge in [0.05, 0.1) is 22.6 Å². The molecule has 2 aliphatic rings. The molecular formula is C14H18BrNO4S. The fourth-order valence-corrected chi connectivity index (χ4v) is 6.04. The highest BCUT2D eigenvalue weighted by Gasteiger charge is 2.46. The molecule has 2 aliphatic heterocycles. The van der Waals surface area contributed by atoms with Crippen molar-refractivity contribution in [3.8, 4) is 5.75 Å². The molecule has 5 nitrogen and oxygen atoms in total. The fraction of sp³-hybridized carbons (Fsp3) is 0.571. The first-order valence-electron chi connectivity index (χ1n) is 6.98. The van der Waals surface area contributed by atoms with Crippen molar-refractivity contribution in [2.24, 2.45) is 0 Å². The Morgan fingerprint density at radius 1 is 1.29 bits per heavy atom. The average molecular weight is 376 g/mol. The SMILES string of the molecule is COc1ccc(S(=O)(=O)N2C3CCC2CC(O)C3)cc1Br. The van der Waals surface area contributed by atoms with E-state index in [0.29, 0.717) is 23.1 Å². The summed E-state index contributed by atoms with van der Waals surface area (Å²) in [5.41, 5.74) is 0. The fourth-order valence-electron chi connectivity index (χ4n) is 3.43. The van der Waals surface area contributed by atoms with Crippen LogP contribution < -0.4 is 4.74 Å². The number of fused-ring (bicyclic) bond motifs is 2. The van der Waals surface area contributed by atoms with Crippen LogP contribution in [0.1, 0.15) is 25.7 Å². The number of sulfonamides is 1. The Balaban J connectivity index is 1.96. The maximum absolute atomic E-state index is 12.9. The van der Waals surface area contributed by atoms with Crippen LogP contribution in [0, 0.1) is 0 Å². The Labute approximate surface area is 133 Å². The molecule has 0 saturated carbocycles. The molecule has 1 N–H and O–H groups in total. The van der Waals surface area contributed by atoms with E-state index < -0.39 is 10.0 Å². The first-order valence-corrected chi connectivity index (χ1v) is 9.22. The molecule has 0 spiro atoms. The van der Waals surface area contributed by atoms with Gasteiger partial charge in [-0.15, -0.1) is 0 Å². The summed E-state index contributed by atoms with van der Waals surface area (Å²) in [6.45, 7) is 0. The van der Waals surface area contributed by atoms with Gasteiger partial charge in [0.1, 0.15) is 5.75 Å². The lowest BCUT2D eigenvalue weighted by molar-refractivity contribution is 0.0769. The van der Waals surface area contributed by atoms with E-state index in [1.807, 2.05) is 0 Å². The van der Waals surface area contributed by atoms with Crippen LogP contribution in [0.15, 0.2) is 27.6 Å². The van der Waals surface area contributed by atoms with Crippen molar-refractivity contribution >= 4 is 26.0 Å². The van der Waals surface area contributed by atoms with Crippen molar-refractivity contribution < 1.29 is 18.3 Å². The zero-order valence-electron chi connectivity index (χ0n) is 11.7. The number of benzene rings is 1. The van der Waals surface area contributed by atoms with Crippen LogP contribution in [0.25, 0.3) is 0 Å². The number of methoxy groups -OCH3 is 1. The van der Waals surface area contributed by atoms with Crippen molar-refractivity contribution in [1.82, 2.24) is 4.31 Å². The highest BCUT2D eigenvalue weighted by atomic mass is 79.9. The number of nitrogens with zero attached hydrogens (tertiary/aromatic N) is 1. The minimum atomic E-state index is -3.53. The summed E-state index contributed by atoms with van der Waals surface area (Å²) in [5, 5.41) is 9.81. The van der Waals surface area contributed by atoms with E-state index in [4.69, 9.17) is 4.74 Å². The molecule has 2 bridgehead atoms. The van der Waals surface area contributed by atoms with Crippen LogP contribution in [0.4, 0.5) is 0 Å². The van der Waals surface area contributed by atoms with Gasteiger partial charge in [0.2, 0.25) is 10.0 Å². The monoisotopic (exact) mass is 375 g/mol. The highest BCUT2D eigenvalue weighted by Crippen LogP contribution is 2.40. The van der Waals surface area contributed by atoms with Gasteiger partial charge in [-0.1, -0.05) is 0 Å². The summed E-state index contributed by atoms with van der Waals surface area (Å²) in [6.07, 6.45) is 2.35. The molecule has 2 heterocycles. The predicted molar refractivity (Wildman–Crippen MR) is 81.8 cm³/mol. The van der Waals surface area contributed by atoms with E-state index in [1.165, 1.54) is 0 Å². The van der Waals surface area contributed by atoms with Crippen molar-refractivity contribution in [3.63, 3.8) is 0 Å². The van der Waals surface area contributed by atoms with Crippen molar-refractivity contribution in [1.29, 1.82) is 0 Å². The normalized spacial score (nSPS) is 29.6. The van der Waals surface area contributed by atoms with Gasteiger partial charge in [-0.05, 0) is 59.8 Å². The largest absolute Gasteiger partial charge is 0.496 e. The Kier molecular flexibility index (Phi) is 4.02. The number of hydrogen-bond acceptors (Lipinski definition) is 4. The van der Waals surface area contributed by atoms with E-state index in [0.717, 1.165) is 12.8 Å². The molecule has 2 saturated heterocycles. The molecule has 1 aromatic rings. The summed E-state index contributed by atoms with van der Waals surface area (Å²) < 4.78 is 33.1. The van der Waals surface area contributed by atoms with Crippen LogP contribution in [-0.4, -0.2) is 43.1 Å². The molecule has 0 amide bonds. The molecule has 2 unspecified atom stereocenters. The van der Waals surface area contributed by atoms with E-state index in [-0.39, 0.29) is 23.1 Å². The van der Waals surface area contributed by atoms with Gasteiger partial charge in [0, 0.05) is 12.1 Å². The predicted octanol–water partition coefficient (Wildman–Crippen LogP) is 2.13. The minimum absolute atomic E-state index is 0.0790. The molecule has 0 radical (unpaired) electrons. The van der Waals surface area contributed by atoms with Crippen LogP contribution in [0.5, 0.6) is 5.75 Å². The third-order valence-corrected chi connectivity index (χ3v) is 6.96. The molecule has 0 aliphatic carbocycles. The number of aliphatic hydroxyl groups excluding tert-OH is 1. The maximum Gasteiger partial charge on any atom is 0.243 e. The number of aliphatic hydroxyl groups is 1. The van der Waals surface area contributed by atoms with Crippen LogP contribution in [0.3, 0.4) is 0 Å². The molecule has 7 heteroatoms. The maximum atomic E-state index is 12.9. The van der Waals surface area contributed by atoms with Crippen LogP contribution in [0.2, 0.25) is 0 Å². The topological polar surface area (TPSA) is 66.8 Å². The van der Waals surface area contributed by atoms with Crippen molar-refractivity contribution in [3.05, 3.63) is 22.7 Å². The summed E-state index contributed by atoms with van der Waals surface area (Å²) >= 11 is 3.33. The lowest BCUT2D eigenvalue weighted by atomic mass is 10.0. The lowest BCUT2D eigenvalue weighted by Crippen LogP contribution is -2.47. The van der Waals surface area contributed by atoms with E-state index >= 15 is 0 Å². The summed E-state index contributed by atoms with van der Waals surface area (Å²) in [6, 6.07) is 4.65. The number of rotatable bonds is 3. The van der Waals surface area contributed by atoms with E-state index in [9.17, 15) is 13.5 Å². The Hall–Kier alpha value is -0.630. The van der Waals surface area contributed by atoms with Crippen LogP contribution in [-0.2, 0) is 10.0 Å². The van der Waals surface area contributed by atoms with Gasteiger partial charge in [0.15, 0.2) is 0 Å². The summed E-state index contributed by atoms with van der Waals surface area (Å²) in [7, 11) is -1.99. The average Bonchev–Trinajstić information content (AvgIpc) is 2.72. The summed E-state index contributed by atoms with van der Waals surface area (Å²) in [4.78, 5) is 0.267. The first kappa shape index (κ1) is 15.3. The van der Waals surface area contributed by atoms with Crippen molar-refractivity contribution in [2.75, 3.05) is 7.11 Å². The van der Waals surface area contributed by atoms with Gasteiger partial charge in [-0.25, -0.2) is 8.42 Å². The third kappa shape index (κ3) is 2.60. The Morgan fingerprint density at radius 3 is 2.43 bits per heavy atom. The minimum Gasteiger partial charge on any atom is -0.496 e. The van der Waals surface area contributed by atoms with Gasteiger partial charge in [-0.2, -0.15) is 4.31 Å². The molecule has 3 rings (SSSR count). The zero-order valence-corrected chi connectivity index (χ0v) is 14.1. The molecule has 2 fully saturated rings. The van der Waals surface area contributed by atoms with E-state index in [1.54, 1.807) is 29.6 Å². The third-order valence-electron chi connectivity index (χ3n) is 4.34. The van der Waals surface area contributed by atoms with Gasteiger partial charge < -0.3 is 9.84 Å². The highest BCUT2D eigenvalue weighted by molar-refractivity contribution is 9.10. The van der Waals surface area contributed by atoms with Gasteiger partial charge in [0.25, 0.3) is 0 Å². The number of ether oxygens (including phenoxy) is 1. The standard InChI is InChI=1S/C14H18BrNO4S/c1-20-14-5-4-12(8-13(14)15)21(18,19)16-9-2-3-10(16)7-11(17)6-9/h4-5,8-11,17H,2-3,6-7H2,1H3. The Morgan fingerprint density at radius 2 is 1.90 bits per heavy atom. The molecule has 21 heavy (non-hydrogen) atoms. The molecular weight excluding hydrogens is 358 g/mol. The molecule has 116 valence electrons. The number of halogens is 1. The van der Waals surface area contributed by atoms with E-state index in [2.05, 4.69) is 15.9 Å².